The molecule has 1 aliphatic rings. The fraction of sp³-hybridized carbons (Fsp3) is 0.231. The molecule has 19 heavy (non-hydrogen) atoms. The second-order valence-corrected chi connectivity index (χ2v) is 4.35. The minimum absolute atomic E-state index is 0.197. The van der Waals surface area contributed by atoms with Crippen LogP contribution in [0.15, 0.2) is 30.4 Å². The van der Waals surface area contributed by atoms with E-state index in [9.17, 15) is 14.7 Å². The molecule has 1 aromatic rings. The third-order valence-corrected chi connectivity index (χ3v) is 2.95. The van der Waals surface area contributed by atoms with Crippen LogP contribution < -0.4 is 5.32 Å². The van der Waals surface area contributed by atoms with E-state index in [1.165, 1.54) is 12.1 Å². The maximum absolute atomic E-state index is 11.9. The zero-order chi connectivity index (χ0) is 14.0. The summed E-state index contributed by atoms with van der Waals surface area (Å²) in [7, 11) is 0. The van der Waals surface area contributed by atoms with Crippen LogP contribution in [0.5, 0.6) is 11.5 Å². The zero-order valence-corrected chi connectivity index (χ0v) is 9.91. The first-order valence-electron chi connectivity index (χ1n) is 5.71. The molecular formula is C13H13NO5. The monoisotopic (exact) mass is 263 g/mol. The number of aromatic hydroxyl groups is 2. The van der Waals surface area contributed by atoms with Crippen LogP contribution in [0.1, 0.15) is 16.8 Å². The molecule has 0 aliphatic heterocycles. The van der Waals surface area contributed by atoms with Crippen LogP contribution in [0.4, 0.5) is 0 Å². The molecule has 1 aromatic carbocycles. The predicted molar refractivity (Wildman–Crippen MR) is 65.9 cm³/mol. The summed E-state index contributed by atoms with van der Waals surface area (Å²) in [6.07, 6.45) is 3.49. The van der Waals surface area contributed by atoms with Gasteiger partial charge in [-0.15, -0.1) is 0 Å². The number of benzene rings is 1. The summed E-state index contributed by atoms with van der Waals surface area (Å²) in [6.45, 7) is 0. The van der Waals surface area contributed by atoms with Gasteiger partial charge in [-0.25, -0.2) is 0 Å². The average Bonchev–Trinajstić information content (AvgIpc) is 2.81. The number of aliphatic carboxylic acids is 1. The third kappa shape index (κ3) is 2.85. The highest BCUT2D eigenvalue weighted by atomic mass is 16.4. The van der Waals surface area contributed by atoms with E-state index in [0.717, 1.165) is 6.07 Å². The standard InChI is InChI=1S/C13H13NO5/c15-10-4-2-7(6-11(10)16)12(17)14-9-3-1-8(5-9)13(18)19/h1-4,6,8-9,15-16H,5H2,(H,14,17)(H,18,19). The molecule has 6 heteroatoms. The Morgan fingerprint density at radius 1 is 1.16 bits per heavy atom. The van der Waals surface area contributed by atoms with Gasteiger partial charge in [0.15, 0.2) is 11.5 Å². The van der Waals surface area contributed by atoms with Crippen molar-refractivity contribution in [3.63, 3.8) is 0 Å². The highest BCUT2D eigenvalue weighted by molar-refractivity contribution is 5.95. The molecule has 0 bridgehead atoms. The lowest BCUT2D eigenvalue weighted by atomic mass is 10.1. The van der Waals surface area contributed by atoms with E-state index in [4.69, 9.17) is 10.2 Å². The van der Waals surface area contributed by atoms with E-state index < -0.39 is 17.8 Å². The van der Waals surface area contributed by atoms with Crippen molar-refractivity contribution in [2.75, 3.05) is 0 Å². The van der Waals surface area contributed by atoms with E-state index in [-0.39, 0.29) is 23.1 Å². The van der Waals surface area contributed by atoms with Crippen LogP contribution in [0.3, 0.4) is 0 Å². The van der Waals surface area contributed by atoms with Crippen LogP contribution in [0.25, 0.3) is 0 Å². The molecule has 1 aliphatic carbocycles. The lowest BCUT2D eigenvalue weighted by molar-refractivity contribution is -0.140. The van der Waals surface area contributed by atoms with Crippen molar-refractivity contribution in [2.45, 2.75) is 12.5 Å². The van der Waals surface area contributed by atoms with Gasteiger partial charge in [0, 0.05) is 11.6 Å². The van der Waals surface area contributed by atoms with Crippen molar-refractivity contribution in [1.82, 2.24) is 5.32 Å². The summed E-state index contributed by atoms with van der Waals surface area (Å²) in [5.41, 5.74) is 0.197. The SMILES string of the molecule is O=C(NC1C=CC(C(=O)O)C1)c1ccc(O)c(O)c1. The van der Waals surface area contributed by atoms with E-state index in [2.05, 4.69) is 5.32 Å². The molecule has 0 fully saturated rings. The van der Waals surface area contributed by atoms with Gasteiger partial charge in [0.25, 0.3) is 5.91 Å². The Balaban J connectivity index is 2.00. The Morgan fingerprint density at radius 2 is 1.89 bits per heavy atom. The van der Waals surface area contributed by atoms with E-state index in [1.54, 1.807) is 12.2 Å². The first kappa shape index (κ1) is 12.9. The summed E-state index contributed by atoms with van der Waals surface area (Å²) in [4.78, 5) is 22.6. The average molecular weight is 263 g/mol. The summed E-state index contributed by atoms with van der Waals surface area (Å²) < 4.78 is 0. The molecule has 2 atom stereocenters. The largest absolute Gasteiger partial charge is 0.504 e. The number of amides is 1. The molecule has 6 nitrogen and oxygen atoms in total. The van der Waals surface area contributed by atoms with Gasteiger partial charge < -0.3 is 20.6 Å². The molecule has 100 valence electrons. The number of phenolic OH excluding ortho intramolecular Hbond substituents is 2. The van der Waals surface area contributed by atoms with E-state index in [0.29, 0.717) is 6.42 Å². The van der Waals surface area contributed by atoms with Crippen LogP contribution in [0, 0.1) is 5.92 Å². The molecule has 2 unspecified atom stereocenters. The van der Waals surface area contributed by atoms with Gasteiger partial charge in [-0.3, -0.25) is 9.59 Å². The molecule has 0 aromatic heterocycles. The number of carboxylic acid groups (broad SMARTS) is 1. The number of nitrogens with one attached hydrogen (secondary N) is 1. The summed E-state index contributed by atoms with van der Waals surface area (Å²) in [5, 5.41) is 29.9. The fourth-order valence-electron chi connectivity index (χ4n) is 1.91. The number of carbonyl (C=O) groups excluding carboxylic acids is 1. The molecule has 0 heterocycles. The molecular weight excluding hydrogens is 250 g/mol. The van der Waals surface area contributed by atoms with E-state index in [1.807, 2.05) is 0 Å². The first-order chi connectivity index (χ1) is 8.97. The first-order valence-corrected chi connectivity index (χ1v) is 5.71. The van der Waals surface area contributed by atoms with Gasteiger partial charge in [0.1, 0.15) is 0 Å². The van der Waals surface area contributed by atoms with Gasteiger partial charge in [0.05, 0.1) is 5.92 Å². The molecule has 1 amide bonds. The van der Waals surface area contributed by atoms with Crippen molar-refractivity contribution in [2.24, 2.45) is 5.92 Å². The highest BCUT2D eigenvalue weighted by Gasteiger charge is 2.25. The van der Waals surface area contributed by atoms with Crippen molar-refractivity contribution < 1.29 is 24.9 Å². The molecule has 0 saturated heterocycles. The molecule has 4 N–H and O–H groups in total. The molecule has 0 saturated carbocycles. The minimum atomic E-state index is -0.921. The van der Waals surface area contributed by atoms with Gasteiger partial charge in [-0.1, -0.05) is 12.2 Å². The fourth-order valence-corrected chi connectivity index (χ4v) is 1.91. The van der Waals surface area contributed by atoms with E-state index >= 15 is 0 Å². The summed E-state index contributed by atoms with van der Waals surface area (Å²) >= 11 is 0. The van der Waals surface area contributed by atoms with Crippen LogP contribution in [-0.2, 0) is 4.79 Å². The van der Waals surface area contributed by atoms with Gasteiger partial charge >= 0.3 is 5.97 Å². The Hall–Kier alpha value is -2.50. The minimum Gasteiger partial charge on any atom is -0.504 e. The quantitative estimate of drug-likeness (QED) is 0.478. The predicted octanol–water partition coefficient (Wildman–Crippen LogP) is 0.857. The topological polar surface area (TPSA) is 107 Å². The smallest absolute Gasteiger partial charge is 0.310 e. The second kappa shape index (κ2) is 5.01. The number of phenols is 2. The van der Waals surface area contributed by atoms with Gasteiger partial charge in [-0.05, 0) is 24.6 Å². The summed E-state index contributed by atoms with van der Waals surface area (Å²) in [6, 6.07) is 3.40. The Morgan fingerprint density at radius 3 is 2.47 bits per heavy atom. The van der Waals surface area contributed by atoms with Crippen LogP contribution >= 0.6 is 0 Å². The maximum atomic E-state index is 11.9. The number of carboxylic acids is 1. The third-order valence-electron chi connectivity index (χ3n) is 2.95. The van der Waals surface area contributed by atoms with Crippen molar-refractivity contribution in [3.8, 4) is 11.5 Å². The molecule has 0 radical (unpaired) electrons. The van der Waals surface area contributed by atoms with Crippen molar-refractivity contribution in [3.05, 3.63) is 35.9 Å². The summed E-state index contributed by atoms with van der Waals surface area (Å²) in [5.74, 6) is -2.62. The highest BCUT2D eigenvalue weighted by Crippen LogP contribution is 2.25. The zero-order valence-electron chi connectivity index (χ0n) is 9.91. The molecule has 2 rings (SSSR count). The van der Waals surface area contributed by atoms with Gasteiger partial charge in [-0.2, -0.15) is 0 Å². The second-order valence-electron chi connectivity index (χ2n) is 4.35. The van der Waals surface area contributed by atoms with Crippen LogP contribution in [0.2, 0.25) is 0 Å². The lowest BCUT2D eigenvalue weighted by Gasteiger charge is -2.12. The Labute approximate surface area is 109 Å². The van der Waals surface area contributed by atoms with Crippen molar-refractivity contribution in [1.29, 1.82) is 0 Å². The Kier molecular flexibility index (Phi) is 3.41. The van der Waals surface area contributed by atoms with Gasteiger partial charge in [0.2, 0.25) is 0 Å². The van der Waals surface area contributed by atoms with Crippen LogP contribution in [-0.4, -0.2) is 33.2 Å². The number of hydrogen-bond acceptors (Lipinski definition) is 4. The molecule has 0 spiro atoms. The van der Waals surface area contributed by atoms with Crippen molar-refractivity contribution >= 4 is 11.9 Å². The Bertz CT molecular complexity index is 552. The number of rotatable bonds is 3. The maximum Gasteiger partial charge on any atom is 0.310 e. The number of hydrogen-bond donors (Lipinski definition) is 4. The lowest BCUT2D eigenvalue weighted by Crippen LogP contribution is -2.33. The number of carbonyl (C=O) groups is 2. The normalized spacial score (nSPS) is 21.3.